The summed E-state index contributed by atoms with van der Waals surface area (Å²) in [5.41, 5.74) is 1.11. The Morgan fingerprint density at radius 2 is 1.78 bits per heavy atom. The van der Waals surface area contributed by atoms with E-state index in [0.717, 1.165) is 6.42 Å². The summed E-state index contributed by atoms with van der Waals surface area (Å²) in [6.45, 7) is 6.07. The average Bonchev–Trinajstić information content (AvgIpc) is 2.51. The van der Waals surface area contributed by atoms with Gasteiger partial charge in [-0.1, -0.05) is 6.92 Å². The average molecular weight is 320 g/mol. The minimum absolute atomic E-state index is 0.000120. The van der Waals surface area contributed by atoms with Crippen molar-refractivity contribution in [3.63, 3.8) is 0 Å². The van der Waals surface area contributed by atoms with Gasteiger partial charge in [-0.05, 0) is 44.2 Å². The van der Waals surface area contributed by atoms with Crippen LogP contribution in [0.25, 0.3) is 0 Å². The van der Waals surface area contributed by atoms with Crippen molar-refractivity contribution in [3.8, 4) is 0 Å². The van der Waals surface area contributed by atoms with E-state index in [9.17, 15) is 14.4 Å². The van der Waals surface area contributed by atoms with Crippen molar-refractivity contribution in [3.05, 3.63) is 29.8 Å². The smallest absolute Gasteiger partial charge is 0.307 e. The van der Waals surface area contributed by atoms with E-state index in [2.05, 4.69) is 10.6 Å². The lowest BCUT2D eigenvalue weighted by atomic mass is 10.0. The van der Waals surface area contributed by atoms with Crippen molar-refractivity contribution in [2.75, 3.05) is 18.5 Å². The van der Waals surface area contributed by atoms with Crippen LogP contribution in [-0.4, -0.2) is 36.9 Å². The number of ketones is 1. The second kappa shape index (κ2) is 9.74. The molecule has 0 heterocycles. The van der Waals surface area contributed by atoms with Gasteiger partial charge in [0.2, 0.25) is 5.91 Å². The number of carbonyl (C=O) groups is 3. The molecule has 0 radical (unpaired) electrons. The predicted octanol–water partition coefficient (Wildman–Crippen LogP) is 2.15. The first-order valence-electron chi connectivity index (χ1n) is 7.78. The van der Waals surface area contributed by atoms with Crippen molar-refractivity contribution in [2.45, 2.75) is 39.7 Å². The van der Waals surface area contributed by atoms with Gasteiger partial charge < -0.3 is 15.4 Å². The van der Waals surface area contributed by atoms with Crippen LogP contribution < -0.4 is 10.6 Å². The van der Waals surface area contributed by atoms with Gasteiger partial charge in [-0.15, -0.1) is 0 Å². The third-order valence-corrected chi connectivity index (χ3v) is 3.12. The topological polar surface area (TPSA) is 84.5 Å². The predicted molar refractivity (Wildman–Crippen MR) is 88.4 cm³/mol. The monoisotopic (exact) mass is 320 g/mol. The van der Waals surface area contributed by atoms with Gasteiger partial charge in [0.1, 0.15) is 0 Å². The van der Waals surface area contributed by atoms with Crippen molar-refractivity contribution in [1.29, 1.82) is 0 Å². The summed E-state index contributed by atoms with van der Waals surface area (Å²) in [4.78, 5) is 35.2. The van der Waals surface area contributed by atoms with Crippen molar-refractivity contribution >= 4 is 23.3 Å². The van der Waals surface area contributed by atoms with Gasteiger partial charge in [-0.2, -0.15) is 0 Å². The number of hydrogen-bond acceptors (Lipinski definition) is 5. The van der Waals surface area contributed by atoms with Crippen LogP contribution in [0.4, 0.5) is 5.69 Å². The van der Waals surface area contributed by atoms with Crippen LogP contribution >= 0.6 is 0 Å². The molecule has 0 aliphatic heterocycles. The van der Waals surface area contributed by atoms with E-state index >= 15 is 0 Å². The molecule has 2 N–H and O–H groups in total. The highest BCUT2D eigenvalue weighted by atomic mass is 16.5. The quantitative estimate of drug-likeness (QED) is 0.538. The van der Waals surface area contributed by atoms with Crippen LogP contribution in [0.5, 0.6) is 0 Å². The molecule has 0 fully saturated rings. The molecule has 1 atom stereocenters. The van der Waals surface area contributed by atoms with Gasteiger partial charge >= 0.3 is 5.97 Å². The van der Waals surface area contributed by atoms with E-state index in [0.29, 0.717) is 24.4 Å². The minimum atomic E-state index is -0.611. The molecule has 23 heavy (non-hydrogen) atoms. The molecule has 0 aliphatic rings. The van der Waals surface area contributed by atoms with Crippen molar-refractivity contribution in [2.24, 2.45) is 0 Å². The Labute approximate surface area is 136 Å². The lowest BCUT2D eigenvalue weighted by Gasteiger charge is -2.17. The normalized spacial score (nSPS) is 11.6. The SMILES string of the molecule is CCCNC(CC(=O)OCC)C(=O)c1ccc(NC(C)=O)cc1. The number of nitrogens with one attached hydrogen (secondary N) is 2. The zero-order valence-corrected chi connectivity index (χ0v) is 13.8. The van der Waals surface area contributed by atoms with Gasteiger partial charge in [0, 0.05) is 18.2 Å². The van der Waals surface area contributed by atoms with Gasteiger partial charge in [-0.3, -0.25) is 14.4 Å². The molecule has 0 saturated carbocycles. The molecule has 1 aromatic carbocycles. The van der Waals surface area contributed by atoms with Crippen LogP contribution in [0.1, 0.15) is 44.0 Å². The van der Waals surface area contributed by atoms with E-state index in [-0.39, 0.29) is 18.1 Å². The second-order valence-corrected chi connectivity index (χ2v) is 5.14. The largest absolute Gasteiger partial charge is 0.466 e. The second-order valence-electron chi connectivity index (χ2n) is 5.14. The lowest BCUT2D eigenvalue weighted by Crippen LogP contribution is -2.39. The molecule has 0 aromatic heterocycles. The maximum Gasteiger partial charge on any atom is 0.307 e. The van der Waals surface area contributed by atoms with Crippen molar-refractivity contribution < 1.29 is 19.1 Å². The zero-order valence-electron chi connectivity index (χ0n) is 13.8. The third kappa shape index (κ3) is 6.61. The molecule has 1 amide bonds. The number of benzene rings is 1. The van der Waals surface area contributed by atoms with Crippen molar-refractivity contribution in [1.82, 2.24) is 5.32 Å². The highest BCUT2D eigenvalue weighted by Crippen LogP contribution is 2.13. The summed E-state index contributed by atoms with van der Waals surface area (Å²) in [6.07, 6.45) is 0.855. The molecule has 0 aliphatic carbocycles. The standard InChI is InChI=1S/C17H24N2O4/c1-4-10-18-15(11-16(21)23-5-2)17(22)13-6-8-14(9-7-13)19-12(3)20/h6-9,15,18H,4-5,10-11H2,1-3H3,(H,19,20). The molecule has 126 valence electrons. The Hall–Kier alpha value is -2.21. The molecular formula is C17H24N2O4. The highest BCUT2D eigenvalue weighted by Gasteiger charge is 2.23. The fourth-order valence-corrected chi connectivity index (χ4v) is 2.08. The van der Waals surface area contributed by atoms with Gasteiger partial charge in [0.25, 0.3) is 0 Å². The van der Waals surface area contributed by atoms with Gasteiger partial charge in [0.05, 0.1) is 19.1 Å². The summed E-state index contributed by atoms with van der Waals surface area (Å²) in [5.74, 6) is -0.737. The first kappa shape index (κ1) is 18.8. The lowest BCUT2D eigenvalue weighted by molar-refractivity contribution is -0.143. The number of amides is 1. The fraction of sp³-hybridized carbons (Fsp3) is 0.471. The van der Waals surface area contributed by atoms with Crippen LogP contribution in [0.2, 0.25) is 0 Å². The minimum Gasteiger partial charge on any atom is -0.466 e. The zero-order chi connectivity index (χ0) is 17.2. The van der Waals surface area contributed by atoms with Crippen LogP contribution in [0, 0.1) is 0 Å². The molecule has 0 bridgehead atoms. The Morgan fingerprint density at radius 1 is 1.13 bits per heavy atom. The number of ether oxygens (including phenoxy) is 1. The number of rotatable bonds is 9. The maximum atomic E-state index is 12.6. The van der Waals surface area contributed by atoms with E-state index < -0.39 is 12.0 Å². The Bertz CT molecular complexity index is 540. The van der Waals surface area contributed by atoms with Crippen LogP contribution in [0.15, 0.2) is 24.3 Å². The summed E-state index contributed by atoms with van der Waals surface area (Å²) in [5, 5.41) is 5.73. The number of hydrogen-bond donors (Lipinski definition) is 2. The molecule has 0 saturated heterocycles. The van der Waals surface area contributed by atoms with Gasteiger partial charge in [0.15, 0.2) is 5.78 Å². The fourth-order valence-electron chi connectivity index (χ4n) is 2.08. The number of Topliss-reactive ketones (excluding diaryl/α,β-unsaturated/α-hetero) is 1. The van der Waals surface area contributed by atoms with E-state index in [1.54, 1.807) is 31.2 Å². The summed E-state index contributed by atoms with van der Waals surface area (Å²) in [7, 11) is 0. The van der Waals surface area contributed by atoms with Crippen LogP contribution in [-0.2, 0) is 14.3 Å². The Kier molecular flexibility index (Phi) is 7.97. The van der Waals surface area contributed by atoms with Crippen LogP contribution in [0.3, 0.4) is 0 Å². The molecule has 6 nitrogen and oxygen atoms in total. The first-order chi connectivity index (χ1) is 11.0. The number of carbonyl (C=O) groups excluding carboxylic acids is 3. The Morgan fingerprint density at radius 3 is 2.30 bits per heavy atom. The van der Waals surface area contributed by atoms with E-state index in [4.69, 9.17) is 4.74 Å². The third-order valence-electron chi connectivity index (χ3n) is 3.12. The Balaban J connectivity index is 2.81. The maximum absolute atomic E-state index is 12.6. The molecule has 6 heteroatoms. The summed E-state index contributed by atoms with van der Waals surface area (Å²) < 4.78 is 4.92. The molecule has 1 rings (SSSR count). The molecular weight excluding hydrogens is 296 g/mol. The molecule has 1 unspecified atom stereocenters. The van der Waals surface area contributed by atoms with Gasteiger partial charge in [-0.25, -0.2) is 0 Å². The van der Waals surface area contributed by atoms with E-state index in [1.807, 2.05) is 6.92 Å². The highest BCUT2D eigenvalue weighted by molar-refractivity contribution is 6.02. The molecule has 1 aromatic rings. The number of esters is 1. The first-order valence-corrected chi connectivity index (χ1v) is 7.78. The summed E-state index contributed by atoms with van der Waals surface area (Å²) in [6, 6.07) is 5.99. The van der Waals surface area contributed by atoms with E-state index in [1.165, 1.54) is 6.92 Å². The molecule has 0 spiro atoms. The number of anilines is 1. The summed E-state index contributed by atoms with van der Waals surface area (Å²) >= 11 is 0.